The third kappa shape index (κ3) is 3.17. The first-order chi connectivity index (χ1) is 8.53. The summed E-state index contributed by atoms with van der Waals surface area (Å²) < 4.78 is 33.2. The number of esters is 1. The number of nitriles is 1. The SMILES string of the molecule is COC(=O)c1cc(OC(F)F)c(CBr)cc1C#N. The molecule has 0 fully saturated rings. The quantitative estimate of drug-likeness (QED) is 0.632. The van der Waals surface area contributed by atoms with Gasteiger partial charge in [-0.1, -0.05) is 15.9 Å². The molecule has 0 bridgehead atoms. The van der Waals surface area contributed by atoms with E-state index in [0.29, 0.717) is 5.56 Å². The number of halogens is 3. The van der Waals surface area contributed by atoms with E-state index >= 15 is 0 Å². The second kappa shape index (κ2) is 6.31. The molecule has 0 heterocycles. The van der Waals surface area contributed by atoms with E-state index in [1.165, 1.54) is 6.07 Å². The zero-order chi connectivity index (χ0) is 13.7. The maximum atomic E-state index is 12.2. The fourth-order valence-corrected chi connectivity index (χ4v) is 1.74. The fraction of sp³-hybridized carbons (Fsp3) is 0.273. The molecule has 0 unspecified atom stereocenters. The number of hydrogen-bond acceptors (Lipinski definition) is 4. The van der Waals surface area contributed by atoms with Gasteiger partial charge in [-0.15, -0.1) is 0 Å². The summed E-state index contributed by atoms with van der Waals surface area (Å²) in [5, 5.41) is 9.11. The molecule has 0 atom stereocenters. The van der Waals surface area contributed by atoms with Gasteiger partial charge in [0.25, 0.3) is 0 Å². The number of nitrogens with zero attached hydrogens (tertiary/aromatic N) is 1. The molecule has 1 rings (SSSR count). The number of alkyl halides is 3. The van der Waals surface area contributed by atoms with Crippen LogP contribution in [0.25, 0.3) is 0 Å². The van der Waals surface area contributed by atoms with E-state index < -0.39 is 12.6 Å². The van der Waals surface area contributed by atoms with Crippen LogP contribution in [0.1, 0.15) is 21.5 Å². The van der Waals surface area contributed by atoms with Crippen molar-refractivity contribution in [1.29, 1.82) is 5.26 Å². The second-order valence-corrected chi connectivity index (χ2v) is 3.68. The summed E-state index contributed by atoms with van der Waals surface area (Å²) in [6.07, 6.45) is 0. The van der Waals surface area contributed by atoms with Crippen molar-refractivity contribution in [2.45, 2.75) is 11.9 Å². The van der Waals surface area contributed by atoms with E-state index in [2.05, 4.69) is 25.4 Å². The smallest absolute Gasteiger partial charge is 0.387 e. The van der Waals surface area contributed by atoms with E-state index in [4.69, 9.17) is 5.26 Å². The molecule has 0 N–H and O–H groups in total. The van der Waals surface area contributed by atoms with Crippen LogP contribution in [0, 0.1) is 11.3 Å². The molecule has 1 aromatic rings. The van der Waals surface area contributed by atoms with Crippen molar-refractivity contribution in [3.8, 4) is 11.8 Å². The third-order valence-electron chi connectivity index (χ3n) is 2.09. The minimum absolute atomic E-state index is 0.0397. The van der Waals surface area contributed by atoms with Crippen LogP contribution in [-0.4, -0.2) is 19.7 Å². The molecule has 0 saturated heterocycles. The van der Waals surface area contributed by atoms with Gasteiger partial charge >= 0.3 is 12.6 Å². The molecule has 0 aliphatic rings. The summed E-state index contributed by atoms with van der Waals surface area (Å²) >= 11 is 3.09. The van der Waals surface area contributed by atoms with Gasteiger partial charge in [-0.3, -0.25) is 0 Å². The first-order valence-corrected chi connectivity index (χ1v) is 5.81. The number of benzene rings is 1. The van der Waals surface area contributed by atoms with Crippen molar-refractivity contribution >= 4 is 21.9 Å². The highest BCUT2D eigenvalue weighted by Crippen LogP contribution is 2.27. The van der Waals surface area contributed by atoms with Crippen molar-refractivity contribution < 1.29 is 23.0 Å². The predicted octanol–water partition coefficient (Wildman–Crippen LogP) is 2.84. The average Bonchev–Trinajstić information content (AvgIpc) is 2.36. The molecule has 0 aromatic heterocycles. The Morgan fingerprint density at radius 1 is 1.56 bits per heavy atom. The predicted molar refractivity (Wildman–Crippen MR) is 61.8 cm³/mol. The molecule has 7 heteroatoms. The lowest BCUT2D eigenvalue weighted by Crippen LogP contribution is -2.09. The first kappa shape index (κ1) is 14.4. The number of rotatable bonds is 4. The highest BCUT2D eigenvalue weighted by Gasteiger charge is 2.18. The Hall–Kier alpha value is -1.68. The normalized spacial score (nSPS) is 10.0. The number of carbonyl (C=O) groups excluding carboxylic acids is 1. The van der Waals surface area contributed by atoms with Gasteiger partial charge in [-0.2, -0.15) is 14.0 Å². The lowest BCUT2D eigenvalue weighted by molar-refractivity contribution is -0.0504. The van der Waals surface area contributed by atoms with Gasteiger partial charge in [0.15, 0.2) is 0 Å². The summed E-state index contributed by atoms with van der Waals surface area (Å²) in [6, 6.07) is 4.18. The third-order valence-corrected chi connectivity index (χ3v) is 2.69. The topological polar surface area (TPSA) is 59.3 Å². The summed E-state index contributed by atoms with van der Waals surface area (Å²) in [5.41, 5.74) is 0.276. The van der Waals surface area contributed by atoms with E-state index in [0.717, 1.165) is 13.2 Å². The molecule has 0 saturated carbocycles. The Morgan fingerprint density at radius 3 is 2.67 bits per heavy atom. The van der Waals surface area contributed by atoms with Crippen molar-refractivity contribution in [3.05, 3.63) is 28.8 Å². The molecule has 4 nitrogen and oxygen atoms in total. The molecular formula is C11H8BrF2NO3. The molecule has 0 amide bonds. The Labute approximate surface area is 110 Å². The first-order valence-electron chi connectivity index (χ1n) is 4.69. The van der Waals surface area contributed by atoms with Crippen molar-refractivity contribution in [2.75, 3.05) is 7.11 Å². The lowest BCUT2D eigenvalue weighted by Gasteiger charge is -2.11. The van der Waals surface area contributed by atoms with Crippen molar-refractivity contribution in [3.63, 3.8) is 0 Å². The van der Waals surface area contributed by atoms with E-state index in [1.807, 2.05) is 0 Å². The maximum Gasteiger partial charge on any atom is 0.387 e. The van der Waals surface area contributed by atoms with Crippen LogP contribution in [0.3, 0.4) is 0 Å². The molecule has 0 radical (unpaired) electrons. The Bertz CT molecular complexity index is 500. The van der Waals surface area contributed by atoms with Gasteiger partial charge < -0.3 is 9.47 Å². The lowest BCUT2D eigenvalue weighted by atomic mass is 10.0. The fourth-order valence-electron chi connectivity index (χ4n) is 1.31. The number of carbonyl (C=O) groups is 1. The van der Waals surface area contributed by atoms with Gasteiger partial charge in [-0.05, 0) is 12.1 Å². The van der Waals surface area contributed by atoms with Crippen LogP contribution in [0.4, 0.5) is 8.78 Å². The molecular weight excluding hydrogens is 312 g/mol. The second-order valence-electron chi connectivity index (χ2n) is 3.12. The van der Waals surface area contributed by atoms with Crippen LogP contribution in [0.15, 0.2) is 12.1 Å². The van der Waals surface area contributed by atoms with Gasteiger partial charge in [0.05, 0.1) is 18.2 Å². The number of methoxy groups -OCH3 is 1. The van der Waals surface area contributed by atoms with Gasteiger partial charge in [0.1, 0.15) is 11.8 Å². The summed E-state index contributed by atoms with van der Waals surface area (Å²) in [6.45, 7) is -3.01. The molecule has 0 aliphatic carbocycles. The standard InChI is InChI=1S/C11H8BrF2NO3/c1-17-10(16)8-3-9(18-11(13)14)6(4-12)2-7(8)5-15/h2-3,11H,4H2,1H3. The van der Waals surface area contributed by atoms with Gasteiger partial charge in [0, 0.05) is 10.9 Å². The van der Waals surface area contributed by atoms with Crippen LogP contribution < -0.4 is 4.74 Å². The number of ether oxygens (including phenoxy) is 2. The van der Waals surface area contributed by atoms with Crippen LogP contribution in [0.2, 0.25) is 0 Å². The van der Waals surface area contributed by atoms with Gasteiger partial charge in [-0.25, -0.2) is 4.79 Å². The average molecular weight is 320 g/mol. The largest absolute Gasteiger partial charge is 0.465 e. The molecule has 1 aromatic carbocycles. The molecule has 96 valence electrons. The van der Waals surface area contributed by atoms with Crippen molar-refractivity contribution in [1.82, 2.24) is 0 Å². The monoisotopic (exact) mass is 319 g/mol. The van der Waals surface area contributed by atoms with E-state index in [-0.39, 0.29) is 22.2 Å². The summed E-state index contributed by atoms with van der Waals surface area (Å²) in [5.74, 6) is -0.951. The van der Waals surface area contributed by atoms with Crippen LogP contribution in [-0.2, 0) is 10.1 Å². The minimum atomic E-state index is -3.01. The van der Waals surface area contributed by atoms with Gasteiger partial charge in [0.2, 0.25) is 0 Å². The van der Waals surface area contributed by atoms with Crippen molar-refractivity contribution in [2.24, 2.45) is 0 Å². The zero-order valence-electron chi connectivity index (χ0n) is 9.25. The number of hydrogen-bond donors (Lipinski definition) is 0. The highest BCUT2D eigenvalue weighted by molar-refractivity contribution is 9.08. The Morgan fingerprint density at radius 2 is 2.22 bits per heavy atom. The van der Waals surface area contributed by atoms with E-state index in [1.54, 1.807) is 6.07 Å². The summed E-state index contributed by atoms with van der Waals surface area (Å²) in [4.78, 5) is 11.4. The van der Waals surface area contributed by atoms with Crippen LogP contribution >= 0.6 is 15.9 Å². The molecule has 18 heavy (non-hydrogen) atoms. The Balaban J connectivity index is 3.35. The minimum Gasteiger partial charge on any atom is -0.465 e. The van der Waals surface area contributed by atoms with Crippen LogP contribution in [0.5, 0.6) is 5.75 Å². The zero-order valence-corrected chi connectivity index (χ0v) is 10.8. The Kier molecular flexibility index (Phi) is 5.04. The summed E-state index contributed by atoms with van der Waals surface area (Å²) in [7, 11) is 1.13. The molecule has 0 aliphatic heterocycles. The van der Waals surface area contributed by atoms with E-state index in [9.17, 15) is 13.6 Å². The molecule has 0 spiro atoms. The maximum absolute atomic E-state index is 12.2. The highest BCUT2D eigenvalue weighted by atomic mass is 79.9.